The zero-order chi connectivity index (χ0) is 20.0. The van der Waals surface area contributed by atoms with Crippen LogP contribution in [0.3, 0.4) is 0 Å². The van der Waals surface area contributed by atoms with Crippen LogP contribution in [0.2, 0.25) is 0 Å². The fourth-order valence-electron chi connectivity index (χ4n) is 4.24. The van der Waals surface area contributed by atoms with E-state index in [1.54, 1.807) is 4.90 Å². The van der Waals surface area contributed by atoms with Crippen molar-refractivity contribution in [2.24, 2.45) is 0 Å². The van der Waals surface area contributed by atoms with Crippen molar-refractivity contribution in [1.29, 1.82) is 0 Å². The molecule has 1 fully saturated rings. The molecule has 0 radical (unpaired) electrons. The first-order chi connectivity index (χ1) is 13.9. The lowest BCUT2D eigenvalue weighted by atomic mass is 10.0. The minimum atomic E-state index is 0. The first kappa shape index (κ1) is 29.2. The Labute approximate surface area is 189 Å². The Morgan fingerprint density at radius 2 is 0.966 bits per heavy atom. The van der Waals surface area contributed by atoms with Crippen LogP contribution in [0, 0.1) is 0 Å². The Bertz CT molecular complexity index is 299. The molecule has 0 atom stereocenters. The van der Waals surface area contributed by atoms with E-state index >= 15 is 0 Å². The average molecular weight is 434 g/mol. The molecule has 0 aromatic heterocycles. The monoisotopic (exact) mass is 433 g/mol. The maximum Gasteiger partial charge on any atom is 0.101 e. The molecule has 0 bridgehead atoms. The van der Waals surface area contributed by atoms with E-state index < -0.39 is 0 Å². The van der Waals surface area contributed by atoms with Crippen molar-refractivity contribution >= 4 is 0 Å². The summed E-state index contributed by atoms with van der Waals surface area (Å²) in [6.07, 6.45) is 24.0. The van der Waals surface area contributed by atoms with Crippen LogP contribution in [-0.2, 0) is 9.47 Å². The van der Waals surface area contributed by atoms with Gasteiger partial charge in [-0.1, -0.05) is 90.4 Å². The molecule has 0 aromatic carbocycles. The van der Waals surface area contributed by atoms with E-state index in [4.69, 9.17) is 9.47 Å². The van der Waals surface area contributed by atoms with E-state index in [1.165, 1.54) is 129 Å². The standard InChI is InChI=1S/C25H51NO2.ClH/c1-2-3-4-5-6-7-8-9-10-11-12-13-14-18-22-27-24-25-28-23-21-26-19-16-15-17-20-26;/h2-25H2,1H3;1H. The fraction of sp³-hybridized carbons (Fsp3) is 1.00. The summed E-state index contributed by atoms with van der Waals surface area (Å²) in [6.45, 7) is 9.52. The molecule has 0 aliphatic carbocycles. The van der Waals surface area contributed by atoms with Gasteiger partial charge in [0, 0.05) is 6.61 Å². The minimum absolute atomic E-state index is 0. The maximum atomic E-state index is 5.71. The molecule has 3 nitrogen and oxygen atoms in total. The van der Waals surface area contributed by atoms with E-state index in [0.717, 1.165) is 26.4 Å². The number of unbranched alkanes of at least 4 members (excludes halogenated alkanes) is 13. The second kappa shape index (κ2) is 24.4. The molecule has 1 saturated heterocycles. The van der Waals surface area contributed by atoms with Crippen LogP contribution in [0.15, 0.2) is 0 Å². The number of piperidine rings is 1. The van der Waals surface area contributed by atoms with E-state index in [1.807, 2.05) is 0 Å². The summed E-state index contributed by atoms with van der Waals surface area (Å²) >= 11 is 0. The summed E-state index contributed by atoms with van der Waals surface area (Å²) in [6, 6.07) is 0. The van der Waals surface area contributed by atoms with Crippen LogP contribution in [0.1, 0.15) is 116 Å². The highest BCUT2D eigenvalue weighted by Crippen LogP contribution is 2.12. The molecule has 0 spiro atoms. The van der Waals surface area contributed by atoms with Crippen LogP contribution in [0.25, 0.3) is 0 Å². The average Bonchev–Trinajstić information content (AvgIpc) is 2.73. The quantitative estimate of drug-likeness (QED) is 0.281. The van der Waals surface area contributed by atoms with Crippen molar-refractivity contribution in [3.63, 3.8) is 0 Å². The van der Waals surface area contributed by atoms with Crippen molar-refractivity contribution < 1.29 is 26.8 Å². The molecule has 1 heterocycles. The lowest BCUT2D eigenvalue weighted by molar-refractivity contribution is -0.905. The Balaban J connectivity index is 0.00000784. The van der Waals surface area contributed by atoms with Gasteiger partial charge in [-0.2, -0.15) is 0 Å². The highest BCUT2D eigenvalue weighted by molar-refractivity contribution is 4.49. The third-order valence-electron chi connectivity index (χ3n) is 6.17. The van der Waals surface area contributed by atoms with Gasteiger partial charge in [0.2, 0.25) is 0 Å². The molecule has 0 unspecified atom stereocenters. The first-order valence-electron chi connectivity index (χ1n) is 12.9. The summed E-state index contributed by atoms with van der Waals surface area (Å²) < 4.78 is 11.4. The van der Waals surface area contributed by atoms with Crippen molar-refractivity contribution in [2.75, 3.05) is 46.1 Å². The Hall–Kier alpha value is 0.170. The van der Waals surface area contributed by atoms with Gasteiger partial charge >= 0.3 is 0 Å². The Morgan fingerprint density at radius 1 is 0.517 bits per heavy atom. The molecule has 1 rings (SSSR count). The van der Waals surface area contributed by atoms with Crippen molar-refractivity contribution in [3.8, 4) is 0 Å². The predicted octanol–water partition coefficient (Wildman–Crippen LogP) is 2.57. The van der Waals surface area contributed by atoms with Gasteiger partial charge in [-0.3, -0.25) is 0 Å². The molecular formula is C25H52ClNO2. The number of halogens is 1. The van der Waals surface area contributed by atoms with E-state index in [2.05, 4.69) is 6.92 Å². The lowest BCUT2D eigenvalue weighted by Crippen LogP contribution is -3.13. The summed E-state index contributed by atoms with van der Waals surface area (Å²) in [5.41, 5.74) is 0. The van der Waals surface area contributed by atoms with Gasteiger partial charge in [0.25, 0.3) is 0 Å². The molecule has 0 amide bonds. The van der Waals surface area contributed by atoms with Crippen LogP contribution >= 0.6 is 0 Å². The van der Waals surface area contributed by atoms with Gasteiger partial charge in [-0.15, -0.1) is 0 Å². The predicted molar refractivity (Wildman–Crippen MR) is 121 cm³/mol. The molecule has 0 aromatic rings. The van der Waals surface area contributed by atoms with Gasteiger partial charge in [-0.05, 0) is 25.7 Å². The summed E-state index contributed by atoms with van der Waals surface area (Å²) in [7, 11) is 0. The molecule has 176 valence electrons. The largest absolute Gasteiger partial charge is 1.00 e. The first-order valence-corrected chi connectivity index (χ1v) is 12.9. The summed E-state index contributed by atoms with van der Waals surface area (Å²) in [5, 5.41) is 0. The molecule has 29 heavy (non-hydrogen) atoms. The third-order valence-corrected chi connectivity index (χ3v) is 6.17. The summed E-state index contributed by atoms with van der Waals surface area (Å²) in [4.78, 5) is 1.73. The molecule has 1 aliphatic rings. The molecular weight excluding hydrogens is 382 g/mol. The van der Waals surface area contributed by atoms with Gasteiger partial charge < -0.3 is 26.8 Å². The van der Waals surface area contributed by atoms with Gasteiger partial charge in [0.05, 0.1) is 32.9 Å². The third kappa shape index (κ3) is 21.2. The van der Waals surface area contributed by atoms with Crippen LogP contribution in [0.4, 0.5) is 0 Å². The van der Waals surface area contributed by atoms with Crippen molar-refractivity contribution in [1.82, 2.24) is 0 Å². The number of ether oxygens (including phenoxy) is 2. The fourth-order valence-corrected chi connectivity index (χ4v) is 4.24. The van der Waals surface area contributed by atoms with E-state index in [-0.39, 0.29) is 12.4 Å². The second-order valence-corrected chi connectivity index (χ2v) is 8.88. The number of hydrogen-bond donors (Lipinski definition) is 1. The van der Waals surface area contributed by atoms with Crippen LogP contribution in [-0.4, -0.2) is 46.1 Å². The van der Waals surface area contributed by atoms with Gasteiger partial charge in [-0.25, -0.2) is 0 Å². The Morgan fingerprint density at radius 3 is 1.48 bits per heavy atom. The lowest BCUT2D eigenvalue weighted by Gasteiger charge is -2.23. The number of hydrogen-bond acceptors (Lipinski definition) is 2. The van der Waals surface area contributed by atoms with Crippen LogP contribution in [0.5, 0.6) is 0 Å². The molecule has 4 heteroatoms. The van der Waals surface area contributed by atoms with Crippen molar-refractivity contribution in [2.45, 2.75) is 116 Å². The van der Waals surface area contributed by atoms with Crippen molar-refractivity contribution in [3.05, 3.63) is 0 Å². The SMILES string of the molecule is CCCCCCCCCCCCCCCCOCCOCC[NH+]1CCCCC1.[Cl-]. The van der Waals surface area contributed by atoms with Crippen LogP contribution < -0.4 is 17.3 Å². The highest BCUT2D eigenvalue weighted by atomic mass is 35.5. The maximum absolute atomic E-state index is 5.71. The number of rotatable bonds is 21. The minimum Gasteiger partial charge on any atom is -1.00 e. The molecule has 1 aliphatic heterocycles. The van der Waals surface area contributed by atoms with E-state index in [9.17, 15) is 0 Å². The molecule has 0 saturated carbocycles. The van der Waals surface area contributed by atoms with Gasteiger partial charge in [0.15, 0.2) is 0 Å². The normalized spacial score (nSPS) is 14.8. The smallest absolute Gasteiger partial charge is 0.101 e. The highest BCUT2D eigenvalue weighted by Gasteiger charge is 2.12. The second-order valence-electron chi connectivity index (χ2n) is 8.88. The zero-order valence-corrected chi connectivity index (χ0v) is 20.4. The van der Waals surface area contributed by atoms with E-state index in [0.29, 0.717) is 0 Å². The van der Waals surface area contributed by atoms with Gasteiger partial charge in [0.1, 0.15) is 6.54 Å². The number of likely N-dealkylation sites (tertiary alicyclic amines) is 1. The Kier molecular flexibility index (Phi) is 24.6. The number of nitrogens with one attached hydrogen (secondary N) is 1. The summed E-state index contributed by atoms with van der Waals surface area (Å²) in [5.74, 6) is 0. The topological polar surface area (TPSA) is 22.9 Å². The number of quaternary nitrogens is 1. The zero-order valence-electron chi connectivity index (χ0n) is 19.7. The molecule has 1 N–H and O–H groups in total.